The van der Waals surface area contributed by atoms with Crippen LogP contribution in [0.1, 0.15) is 97.9 Å². The van der Waals surface area contributed by atoms with Gasteiger partial charge in [-0.25, -0.2) is 0 Å². The summed E-state index contributed by atoms with van der Waals surface area (Å²) < 4.78 is 12.7. The van der Waals surface area contributed by atoms with Crippen molar-refractivity contribution in [3.63, 3.8) is 0 Å². The number of rotatable bonds is 2. The van der Waals surface area contributed by atoms with Crippen LogP contribution in [0.2, 0.25) is 0 Å². The summed E-state index contributed by atoms with van der Waals surface area (Å²) in [5.74, 6) is 2.36. The second-order valence-corrected chi connectivity index (χ2v) is 13.6. The van der Waals surface area contributed by atoms with Gasteiger partial charge in [0.25, 0.3) is 5.91 Å². The number of amides is 1. The standard InChI is InChI=1S/C31H41N3O3/c1-17-19-16-20-21-15-18-9-10-22(36-7)26-23(18)31(20,13-14-33(21)6)27(37-26)25(19)32-24(17)28(35)34-29(2,3)11-8-12-30(34,4)5/h9-10,20-21,27,32H,8,11-16H2,1-7H3/t20-,21-,27-,31-/m0/s1. The summed E-state index contributed by atoms with van der Waals surface area (Å²) >= 11 is 0. The summed E-state index contributed by atoms with van der Waals surface area (Å²) in [6.45, 7) is 12.1. The van der Waals surface area contributed by atoms with Crippen molar-refractivity contribution < 1.29 is 14.3 Å². The van der Waals surface area contributed by atoms with Gasteiger partial charge < -0.3 is 24.3 Å². The molecule has 2 fully saturated rings. The molecule has 0 unspecified atom stereocenters. The first-order valence-corrected chi connectivity index (χ1v) is 14.1. The smallest absolute Gasteiger partial charge is 0.271 e. The Bertz CT molecular complexity index is 1310. The minimum atomic E-state index is -0.175. The number of fused-ring (bicyclic) bond motifs is 2. The van der Waals surface area contributed by atoms with Gasteiger partial charge in [-0.3, -0.25) is 4.79 Å². The molecule has 2 bridgehead atoms. The second kappa shape index (κ2) is 7.34. The highest BCUT2D eigenvalue weighted by atomic mass is 16.5. The maximum absolute atomic E-state index is 14.3. The largest absolute Gasteiger partial charge is 0.493 e. The van der Waals surface area contributed by atoms with E-state index in [1.165, 1.54) is 16.7 Å². The molecule has 198 valence electrons. The molecule has 1 amide bonds. The van der Waals surface area contributed by atoms with Crippen LogP contribution in [-0.4, -0.2) is 58.5 Å². The molecule has 1 spiro atoms. The molecule has 0 radical (unpaired) electrons. The third-order valence-corrected chi connectivity index (χ3v) is 10.9. The molecule has 3 aliphatic heterocycles. The molecule has 2 aromatic rings. The Labute approximate surface area is 220 Å². The van der Waals surface area contributed by atoms with Gasteiger partial charge in [0.1, 0.15) is 11.8 Å². The van der Waals surface area contributed by atoms with Crippen molar-refractivity contribution in [1.82, 2.24) is 14.8 Å². The van der Waals surface area contributed by atoms with E-state index in [-0.39, 0.29) is 28.5 Å². The number of H-pyrrole nitrogens is 1. The molecule has 5 aliphatic rings. The minimum Gasteiger partial charge on any atom is -0.493 e. The van der Waals surface area contributed by atoms with E-state index in [4.69, 9.17) is 9.47 Å². The van der Waals surface area contributed by atoms with E-state index in [2.05, 4.69) is 68.6 Å². The normalized spacial score (nSPS) is 32.4. The van der Waals surface area contributed by atoms with E-state index < -0.39 is 0 Å². The van der Waals surface area contributed by atoms with Gasteiger partial charge >= 0.3 is 0 Å². The van der Waals surface area contributed by atoms with Crippen molar-refractivity contribution >= 4 is 5.91 Å². The van der Waals surface area contributed by atoms with Crippen LogP contribution in [0.15, 0.2) is 12.1 Å². The van der Waals surface area contributed by atoms with E-state index in [1.54, 1.807) is 7.11 Å². The van der Waals surface area contributed by atoms with Gasteiger partial charge in [0.2, 0.25) is 0 Å². The van der Waals surface area contributed by atoms with Crippen LogP contribution in [0.3, 0.4) is 0 Å². The summed E-state index contributed by atoms with van der Waals surface area (Å²) in [5, 5.41) is 0. The molecule has 1 N–H and O–H groups in total. The van der Waals surface area contributed by atoms with Gasteiger partial charge in [-0.05, 0) is 115 Å². The predicted molar refractivity (Wildman–Crippen MR) is 144 cm³/mol. The van der Waals surface area contributed by atoms with Crippen LogP contribution in [0.5, 0.6) is 11.5 Å². The lowest BCUT2D eigenvalue weighted by atomic mass is 9.51. The number of hydrogen-bond acceptors (Lipinski definition) is 4. The molecule has 2 saturated heterocycles. The van der Waals surface area contributed by atoms with Gasteiger partial charge in [-0.15, -0.1) is 0 Å². The van der Waals surface area contributed by atoms with Crippen molar-refractivity contribution in [1.29, 1.82) is 0 Å². The van der Waals surface area contributed by atoms with E-state index in [1.807, 2.05) is 0 Å². The third-order valence-electron chi connectivity index (χ3n) is 10.9. The fraction of sp³-hybridized carbons (Fsp3) is 0.645. The second-order valence-electron chi connectivity index (χ2n) is 13.6. The summed E-state index contributed by atoms with van der Waals surface area (Å²) in [5.41, 5.74) is 6.68. The zero-order chi connectivity index (χ0) is 26.1. The fourth-order valence-corrected chi connectivity index (χ4v) is 9.31. The molecule has 6 nitrogen and oxygen atoms in total. The molecule has 1 aromatic carbocycles. The number of carbonyl (C=O) groups is 1. The lowest BCUT2D eigenvalue weighted by Gasteiger charge is -2.57. The number of aromatic nitrogens is 1. The molecule has 4 heterocycles. The van der Waals surface area contributed by atoms with Crippen LogP contribution < -0.4 is 9.47 Å². The molecular weight excluding hydrogens is 462 g/mol. The Hall–Kier alpha value is -2.47. The number of nitrogens with zero attached hydrogens (tertiary/aromatic N) is 2. The molecule has 2 aliphatic carbocycles. The Morgan fingerprint density at radius 3 is 2.54 bits per heavy atom. The van der Waals surface area contributed by atoms with E-state index >= 15 is 0 Å². The molecule has 37 heavy (non-hydrogen) atoms. The lowest BCUT2D eigenvalue weighted by Crippen LogP contribution is -2.62. The van der Waals surface area contributed by atoms with Gasteiger partial charge in [0.05, 0.1) is 12.8 Å². The Kier molecular flexibility index (Phi) is 4.69. The van der Waals surface area contributed by atoms with Gasteiger partial charge in [-0.1, -0.05) is 6.07 Å². The van der Waals surface area contributed by atoms with Crippen LogP contribution in [0.25, 0.3) is 0 Å². The number of benzene rings is 1. The molecule has 6 heteroatoms. The minimum absolute atomic E-state index is 0.0666. The summed E-state index contributed by atoms with van der Waals surface area (Å²) in [6.07, 6.45) is 6.21. The Morgan fingerprint density at radius 1 is 1.11 bits per heavy atom. The van der Waals surface area contributed by atoms with Crippen molar-refractivity contribution in [2.24, 2.45) is 5.92 Å². The summed E-state index contributed by atoms with van der Waals surface area (Å²) in [4.78, 5) is 22.8. The highest BCUT2D eigenvalue weighted by molar-refractivity contribution is 5.96. The van der Waals surface area contributed by atoms with Gasteiger partial charge in [-0.2, -0.15) is 0 Å². The summed E-state index contributed by atoms with van der Waals surface area (Å²) in [7, 11) is 4.02. The predicted octanol–water partition coefficient (Wildman–Crippen LogP) is 5.32. The molecular formula is C31H41N3O3. The molecule has 7 rings (SSSR count). The zero-order valence-electron chi connectivity index (χ0n) is 23.5. The number of aromatic amines is 1. The summed E-state index contributed by atoms with van der Waals surface area (Å²) in [6, 6.07) is 4.82. The SMILES string of the molecule is COc1ccc2c3c1O[C@H]1c4[nH]c(C(=O)N5C(C)(C)CCCC5(C)C)c(C)c4C[C@H]4[C@H](C2)N(C)CC[C@]314. The van der Waals surface area contributed by atoms with Crippen molar-refractivity contribution in [3.8, 4) is 11.5 Å². The number of hydrogen-bond donors (Lipinski definition) is 1. The van der Waals surface area contributed by atoms with Crippen LogP contribution in [0.4, 0.5) is 0 Å². The third kappa shape index (κ3) is 2.83. The number of likely N-dealkylation sites (tertiary alicyclic amines) is 2. The molecule has 1 aromatic heterocycles. The monoisotopic (exact) mass is 503 g/mol. The highest BCUT2D eigenvalue weighted by Gasteiger charge is 2.65. The highest BCUT2D eigenvalue weighted by Crippen LogP contribution is 2.67. The topological polar surface area (TPSA) is 57.8 Å². The number of piperidine rings is 2. The first-order valence-electron chi connectivity index (χ1n) is 14.1. The van der Waals surface area contributed by atoms with E-state index in [0.29, 0.717) is 12.0 Å². The van der Waals surface area contributed by atoms with Crippen LogP contribution in [0, 0.1) is 12.8 Å². The zero-order valence-corrected chi connectivity index (χ0v) is 23.5. The number of nitrogens with one attached hydrogen (secondary N) is 1. The maximum atomic E-state index is 14.3. The van der Waals surface area contributed by atoms with Gasteiger partial charge in [0.15, 0.2) is 11.5 Å². The maximum Gasteiger partial charge on any atom is 0.271 e. The first kappa shape index (κ1) is 23.6. The Morgan fingerprint density at radius 2 is 1.84 bits per heavy atom. The van der Waals surface area contributed by atoms with Crippen LogP contribution >= 0.6 is 0 Å². The number of ether oxygens (including phenoxy) is 2. The van der Waals surface area contributed by atoms with Crippen molar-refractivity contribution in [3.05, 3.63) is 45.8 Å². The van der Waals surface area contributed by atoms with Crippen molar-refractivity contribution in [2.75, 3.05) is 20.7 Å². The van der Waals surface area contributed by atoms with E-state index in [9.17, 15) is 4.79 Å². The number of likely N-dealkylation sites (N-methyl/N-ethyl adjacent to an activating group) is 1. The molecule has 0 saturated carbocycles. The number of carbonyl (C=O) groups excluding carboxylic acids is 1. The number of methoxy groups -OCH3 is 1. The Balaban J connectivity index is 1.39. The quantitative estimate of drug-likeness (QED) is 0.603. The van der Waals surface area contributed by atoms with Crippen molar-refractivity contribution in [2.45, 2.75) is 102 Å². The lowest BCUT2D eigenvalue weighted by molar-refractivity contribution is -0.0257. The van der Waals surface area contributed by atoms with E-state index in [0.717, 1.165) is 73.5 Å². The molecule has 4 atom stereocenters. The average molecular weight is 504 g/mol. The average Bonchev–Trinajstić information content (AvgIpc) is 3.34. The fourth-order valence-electron chi connectivity index (χ4n) is 9.31. The van der Waals surface area contributed by atoms with Crippen LogP contribution in [-0.2, 0) is 18.3 Å². The van der Waals surface area contributed by atoms with Gasteiger partial charge in [0, 0.05) is 28.1 Å². The first-order chi connectivity index (χ1) is 17.5.